The molecule has 5 rings (SSSR count). The molecule has 6 nitrogen and oxygen atoms in total. The second-order valence-corrected chi connectivity index (χ2v) is 9.65. The predicted molar refractivity (Wildman–Crippen MR) is 153 cm³/mol. The number of rotatable bonds is 11. The van der Waals surface area contributed by atoms with Crippen LogP contribution in [0.15, 0.2) is 109 Å². The van der Waals surface area contributed by atoms with Gasteiger partial charge >= 0.3 is 0 Å². The van der Waals surface area contributed by atoms with Gasteiger partial charge in [-0.15, -0.1) is 0 Å². The second kappa shape index (κ2) is 12.4. The van der Waals surface area contributed by atoms with E-state index in [2.05, 4.69) is 17.4 Å². The van der Waals surface area contributed by atoms with Crippen LogP contribution in [0.5, 0.6) is 0 Å². The molecule has 6 heteroatoms. The number of nitrogens with one attached hydrogen (secondary N) is 1. The Hall–Kier alpha value is -4.42. The van der Waals surface area contributed by atoms with Crippen molar-refractivity contribution < 1.29 is 14.3 Å². The first-order valence-corrected chi connectivity index (χ1v) is 13.3. The lowest BCUT2D eigenvalue weighted by atomic mass is 10.1. The predicted octanol–water partition coefficient (Wildman–Crippen LogP) is 5.78. The van der Waals surface area contributed by atoms with Gasteiger partial charge in [-0.05, 0) is 47.9 Å². The smallest absolute Gasteiger partial charge is 0.256 e. The maximum absolute atomic E-state index is 13.6. The van der Waals surface area contributed by atoms with Crippen molar-refractivity contribution >= 4 is 17.5 Å². The number of fused-ring (bicyclic) bond motifs is 1. The Balaban J connectivity index is 1.32. The van der Waals surface area contributed by atoms with Crippen LogP contribution in [0, 0.1) is 0 Å². The van der Waals surface area contributed by atoms with E-state index in [1.165, 1.54) is 5.56 Å². The molecule has 4 aromatic rings. The van der Waals surface area contributed by atoms with E-state index < -0.39 is 0 Å². The molecule has 0 saturated carbocycles. The van der Waals surface area contributed by atoms with Crippen LogP contribution in [-0.4, -0.2) is 48.4 Å². The molecule has 1 aliphatic rings. The molecule has 2 amide bonds. The average Bonchev–Trinajstić information content (AvgIpc) is 3.25. The second-order valence-electron chi connectivity index (χ2n) is 9.65. The summed E-state index contributed by atoms with van der Waals surface area (Å²) in [6.45, 7) is 2.09. The van der Waals surface area contributed by atoms with Crippen LogP contribution in [0.1, 0.15) is 43.6 Å². The van der Waals surface area contributed by atoms with Crippen LogP contribution < -0.4 is 5.32 Å². The summed E-state index contributed by atoms with van der Waals surface area (Å²) in [5.41, 5.74) is 5.40. The minimum atomic E-state index is -0.300. The van der Waals surface area contributed by atoms with Gasteiger partial charge in [0.15, 0.2) is 0 Å². The first-order valence-electron chi connectivity index (χ1n) is 13.3. The number of carbonyl (C=O) groups excluding carboxylic acids is 2. The van der Waals surface area contributed by atoms with Crippen molar-refractivity contribution in [2.45, 2.75) is 19.1 Å². The lowest BCUT2D eigenvalue weighted by Gasteiger charge is -2.27. The Labute approximate surface area is 229 Å². The third-order valence-corrected chi connectivity index (χ3v) is 7.05. The van der Waals surface area contributed by atoms with Crippen LogP contribution in [0.4, 0.5) is 5.69 Å². The third-order valence-electron chi connectivity index (χ3n) is 7.05. The molecular weight excluding hydrogens is 486 g/mol. The highest BCUT2D eigenvalue weighted by Crippen LogP contribution is 2.34. The molecular formula is C33H33N3O3. The van der Waals surface area contributed by atoms with Gasteiger partial charge in [0, 0.05) is 49.1 Å². The molecule has 0 aromatic heterocycles. The fraction of sp³-hybridized carbons (Fsp3) is 0.212. The summed E-state index contributed by atoms with van der Waals surface area (Å²) in [7, 11) is 1.63. The molecule has 1 aliphatic heterocycles. The highest BCUT2D eigenvalue weighted by atomic mass is 16.5. The molecule has 0 fully saturated rings. The maximum Gasteiger partial charge on any atom is 0.256 e. The monoisotopic (exact) mass is 519 g/mol. The Morgan fingerprint density at radius 3 is 2.18 bits per heavy atom. The molecule has 1 atom stereocenters. The molecule has 0 radical (unpaired) electrons. The maximum atomic E-state index is 13.6. The van der Waals surface area contributed by atoms with Gasteiger partial charge in [-0.1, -0.05) is 78.9 Å². The summed E-state index contributed by atoms with van der Waals surface area (Å²) in [4.78, 5) is 30.4. The molecule has 0 aliphatic carbocycles. The largest absolute Gasteiger partial charge is 0.383 e. The van der Waals surface area contributed by atoms with Crippen LogP contribution in [0.2, 0.25) is 0 Å². The quantitative estimate of drug-likeness (QED) is 0.273. The van der Waals surface area contributed by atoms with Crippen molar-refractivity contribution in [2.75, 3.05) is 32.1 Å². The first kappa shape index (κ1) is 26.2. The first-order chi connectivity index (χ1) is 19.1. The summed E-state index contributed by atoms with van der Waals surface area (Å²) >= 11 is 0. The topological polar surface area (TPSA) is 61.9 Å². The normalized spacial score (nSPS) is 14.2. The van der Waals surface area contributed by atoms with Gasteiger partial charge in [0.2, 0.25) is 0 Å². The number of methoxy groups -OCH3 is 1. The molecule has 1 heterocycles. The Morgan fingerprint density at radius 1 is 0.846 bits per heavy atom. The molecule has 1 unspecified atom stereocenters. The van der Waals surface area contributed by atoms with Crippen molar-refractivity contribution in [3.8, 4) is 0 Å². The number of hydrogen-bond acceptors (Lipinski definition) is 4. The number of hydrogen-bond donors (Lipinski definition) is 1. The molecule has 0 spiro atoms. The van der Waals surface area contributed by atoms with Crippen LogP contribution in [-0.2, 0) is 17.7 Å². The molecule has 4 aromatic carbocycles. The van der Waals surface area contributed by atoms with Crippen LogP contribution >= 0.6 is 0 Å². The van der Waals surface area contributed by atoms with Crippen LogP contribution in [0.3, 0.4) is 0 Å². The molecule has 0 bridgehead atoms. The van der Waals surface area contributed by atoms with Gasteiger partial charge in [0.05, 0.1) is 6.61 Å². The van der Waals surface area contributed by atoms with Gasteiger partial charge < -0.3 is 19.9 Å². The van der Waals surface area contributed by atoms with Crippen molar-refractivity contribution in [3.63, 3.8) is 0 Å². The van der Waals surface area contributed by atoms with Crippen molar-refractivity contribution in [3.05, 3.63) is 137 Å². The minimum Gasteiger partial charge on any atom is -0.383 e. The Bertz CT molecular complexity index is 1390. The highest BCUT2D eigenvalue weighted by Gasteiger charge is 2.36. The van der Waals surface area contributed by atoms with E-state index in [0.29, 0.717) is 37.4 Å². The Kier molecular flexibility index (Phi) is 8.34. The zero-order valence-electron chi connectivity index (χ0n) is 22.1. The number of anilines is 1. The number of carbonyl (C=O) groups is 2. The van der Waals surface area contributed by atoms with E-state index in [1.54, 1.807) is 12.0 Å². The van der Waals surface area contributed by atoms with Gasteiger partial charge in [-0.2, -0.15) is 0 Å². The average molecular weight is 520 g/mol. The summed E-state index contributed by atoms with van der Waals surface area (Å²) in [5.74, 6) is -0.0219. The SMILES string of the molecule is COCCN1C(=O)c2ccccc2C1Nc1ccc(C(=O)N(CCc2ccccc2)Cc2ccccc2)cc1. The van der Waals surface area contributed by atoms with E-state index in [9.17, 15) is 9.59 Å². The van der Waals surface area contributed by atoms with Crippen molar-refractivity contribution in [1.29, 1.82) is 0 Å². The third kappa shape index (κ3) is 6.19. The molecule has 198 valence electrons. The fourth-order valence-corrected chi connectivity index (χ4v) is 4.96. The summed E-state index contributed by atoms with van der Waals surface area (Å²) < 4.78 is 5.24. The number of benzene rings is 4. The number of ether oxygens (including phenoxy) is 1. The minimum absolute atomic E-state index is 0.00977. The Morgan fingerprint density at radius 2 is 1.49 bits per heavy atom. The van der Waals surface area contributed by atoms with E-state index in [4.69, 9.17) is 4.74 Å². The zero-order valence-corrected chi connectivity index (χ0v) is 22.1. The zero-order chi connectivity index (χ0) is 27.0. The molecule has 0 saturated heterocycles. The molecule has 1 N–H and O–H groups in total. The highest BCUT2D eigenvalue weighted by molar-refractivity contribution is 5.99. The van der Waals surface area contributed by atoms with Gasteiger partial charge in [-0.3, -0.25) is 9.59 Å². The summed E-state index contributed by atoms with van der Waals surface area (Å²) in [6, 6.07) is 35.5. The van der Waals surface area contributed by atoms with Gasteiger partial charge in [-0.25, -0.2) is 0 Å². The number of nitrogens with zero attached hydrogens (tertiary/aromatic N) is 2. The van der Waals surface area contributed by atoms with Crippen molar-refractivity contribution in [1.82, 2.24) is 9.80 Å². The van der Waals surface area contributed by atoms with Crippen LogP contribution in [0.25, 0.3) is 0 Å². The summed E-state index contributed by atoms with van der Waals surface area (Å²) in [6.07, 6.45) is 0.483. The fourth-order valence-electron chi connectivity index (χ4n) is 4.96. The van der Waals surface area contributed by atoms with Gasteiger partial charge in [0.25, 0.3) is 11.8 Å². The van der Waals surface area contributed by atoms with Gasteiger partial charge in [0.1, 0.15) is 6.17 Å². The standard InChI is InChI=1S/C33H33N3O3/c1-39-23-22-36-31(29-14-8-9-15-30(29)33(36)38)34-28-18-16-27(17-19-28)32(37)35(24-26-12-6-3-7-13-26)21-20-25-10-4-2-5-11-25/h2-19,31,34H,20-24H2,1H3. The number of amides is 2. The van der Waals surface area contributed by atoms with E-state index in [0.717, 1.165) is 23.2 Å². The van der Waals surface area contributed by atoms with Crippen molar-refractivity contribution in [2.24, 2.45) is 0 Å². The molecule has 39 heavy (non-hydrogen) atoms. The van der Waals surface area contributed by atoms with E-state index in [-0.39, 0.29) is 18.0 Å². The van der Waals surface area contributed by atoms with E-state index >= 15 is 0 Å². The summed E-state index contributed by atoms with van der Waals surface area (Å²) in [5, 5.41) is 3.49. The lowest BCUT2D eigenvalue weighted by molar-refractivity contribution is 0.0674. The lowest BCUT2D eigenvalue weighted by Crippen LogP contribution is -2.35. The van der Waals surface area contributed by atoms with E-state index in [1.807, 2.05) is 102 Å².